The van der Waals surface area contributed by atoms with Gasteiger partial charge in [0, 0.05) is 16.8 Å². The Kier molecular flexibility index (Phi) is 6.16. The largest absolute Gasteiger partial charge is 0.355 e. The minimum absolute atomic E-state index is 0.0127. The Hall–Kier alpha value is -2.24. The van der Waals surface area contributed by atoms with E-state index in [1.165, 1.54) is 16.0 Å². The number of nitrogens with one attached hydrogen (secondary N) is 3. The molecule has 5 nitrogen and oxygen atoms in total. The van der Waals surface area contributed by atoms with E-state index in [1.807, 2.05) is 20.8 Å². The van der Waals surface area contributed by atoms with Crippen molar-refractivity contribution in [1.82, 2.24) is 4.98 Å². The number of benzene rings is 1. The Labute approximate surface area is 167 Å². The summed E-state index contributed by atoms with van der Waals surface area (Å²) in [5.74, 6) is 0.129. The number of rotatable bonds is 6. The molecule has 0 spiro atoms. The number of aromatic amines is 1. The quantitative estimate of drug-likeness (QED) is 0.643. The molecule has 0 amide bonds. The maximum absolute atomic E-state index is 13.1. The van der Waals surface area contributed by atoms with Crippen molar-refractivity contribution in [2.24, 2.45) is 0 Å². The maximum atomic E-state index is 13.1. The molecule has 2 aromatic rings. The molecule has 5 heteroatoms. The summed E-state index contributed by atoms with van der Waals surface area (Å²) in [5.41, 5.74) is 5.56. The van der Waals surface area contributed by atoms with Gasteiger partial charge in [0.1, 0.15) is 32.7 Å². The SMILES string of the molecule is CC(=O)c1c(C)[nH]c(C(=O)[C@H](C)[NH+]2CC[NH+](Cc3cccc(C)c3)CC2)c1C. The summed E-state index contributed by atoms with van der Waals surface area (Å²) < 4.78 is 0. The number of ketones is 2. The summed E-state index contributed by atoms with van der Waals surface area (Å²) in [7, 11) is 0. The average molecular weight is 384 g/mol. The molecule has 0 unspecified atom stereocenters. The van der Waals surface area contributed by atoms with E-state index >= 15 is 0 Å². The van der Waals surface area contributed by atoms with Crippen molar-refractivity contribution >= 4 is 11.6 Å². The molecule has 0 bridgehead atoms. The molecule has 1 atom stereocenters. The lowest BCUT2D eigenvalue weighted by Crippen LogP contribution is -3.29. The minimum Gasteiger partial charge on any atom is -0.355 e. The van der Waals surface area contributed by atoms with E-state index in [-0.39, 0.29) is 17.6 Å². The molecule has 3 rings (SSSR count). The Morgan fingerprint density at radius 1 is 1.11 bits per heavy atom. The van der Waals surface area contributed by atoms with E-state index in [1.54, 1.807) is 11.8 Å². The van der Waals surface area contributed by atoms with Crippen LogP contribution < -0.4 is 9.80 Å². The lowest BCUT2D eigenvalue weighted by Gasteiger charge is -2.32. The van der Waals surface area contributed by atoms with E-state index in [4.69, 9.17) is 0 Å². The number of aromatic nitrogens is 1. The molecule has 0 radical (unpaired) electrons. The molecule has 0 saturated carbocycles. The van der Waals surface area contributed by atoms with Gasteiger partial charge in [-0.05, 0) is 40.2 Å². The topological polar surface area (TPSA) is 58.8 Å². The molecule has 1 aromatic carbocycles. The number of hydrogen-bond donors (Lipinski definition) is 3. The van der Waals surface area contributed by atoms with E-state index < -0.39 is 0 Å². The smallest absolute Gasteiger partial charge is 0.235 e. The molecule has 1 aliphatic heterocycles. The van der Waals surface area contributed by atoms with Gasteiger partial charge in [-0.25, -0.2) is 0 Å². The van der Waals surface area contributed by atoms with Crippen LogP contribution in [-0.4, -0.2) is 48.8 Å². The average Bonchev–Trinajstić information content (AvgIpc) is 2.95. The fourth-order valence-corrected chi connectivity index (χ4v) is 4.57. The number of quaternary nitrogens is 2. The monoisotopic (exact) mass is 383 g/mol. The molecule has 1 saturated heterocycles. The Morgan fingerprint density at radius 2 is 1.79 bits per heavy atom. The van der Waals surface area contributed by atoms with Crippen molar-refractivity contribution in [2.75, 3.05) is 26.2 Å². The van der Waals surface area contributed by atoms with Crippen LogP contribution in [0.4, 0.5) is 0 Å². The number of hydrogen-bond acceptors (Lipinski definition) is 2. The number of Topliss-reactive ketones (excluding diaryl/α,β-unsaturated/α-hetero) is 2. The van der Waals surface area contributed by atoms with Gasteiger partial charge in [-0.2, -0.15) is 0 Å². The van der Waals surface area contributed by atoms with Gasteiger partial charge in [0.25, 0.3) is 0 Å². The highest BCUT2D eigenvalue weighted by atomic mass is 16.1. The fourth-order valence-electron chi connectivity index (χ4n) is 4.57. The highest BCUT2D eigenvalue weighted by Gasteiger charge is 2.33. The van der Waals surface area contributed by atoms with E-state index in [0.29, 0.717) is 11.3 Å². The summed E-state index contributed by atoms with van der Waals surface area (Å²) in [6, 6.07) is 8.63. The predicted molar refractivity (Wildman–Crippen MR) is 110 cm³/mol. The van der Waals surface area contributed by atoms with Crippen LogP contribution in [0.25, 0.3) is 0 Å². The number of H-pyrrole nitrogens is 1. The number of carbonyl (C=O) groups is 2. The third-order valence-corrected chi connectivity index (χ3v) is 6.18. The third kappa shape index (κ3) is 4.26. The zero-order valence-corrected chi connectivity index (χ0v) is 17.7. The van der Waals surface area contributed by atoms with Gasteiger partial charge in [-0.3, -0.25) is 9.59 Å². The fraction of sp³-hybridized carbons (Fsp3) is 0.478. The van der Waals surface area contributed by atoms with Crippen LogP contribution in [0.5, 0.6) is 0 Å². The molecular formula is C23H33N3O2+2. The Morgan fingerprint density at radius 3 is 2.36 bits per heavy atom. The van der Waals surface area contributed by atoms with Gasteiger partial charge in [-0.15, -0.1) is 0 Å². The number of carbonyl (C=O) groups excluding carboxylic acids is 2. The third-order valence-electron chi connectivity index (χ3n) is 6.18. The lowest BCUT2D eigenvalue weighted by molar-refractivity contribution is -1.02. The standard InChI is InChI=1S/C23H31N3O2/c1-15-7-6-8-20(13-15)14-25-9-11-26(12-10-25)18(4)23(28)22-16(2)21(19(5)27)17(3)24-22/h6-8,13,18,24H,9-12,14H2,1-5H3/p+2/t18-/m0/s1. The molecule has 0 aliphatic carbocycles. The molecular weight excluding hydrogens is 350 g/mol. The van der Waals surface area contributed by atoms with Crippen molar-refractivity contribution in [3.63, 3.8) is 0 Å². The van der Waals surface area contributed by atoms with Crippen molar-refractivity contribution < 1.29 is 19.4 Å². The van der Waals surface area contributed by atoms with Gasteiger partial charge < -0.3 is 14.8 Å². The first-order chi connectivity index (χ1) is 13.3. The van der Waals surface area contributed by atoms with Crippen LogP contribution in [0.1, 0.15) is 57.1 Å². The Balaban J connectivity index is 1.62. The second-order valence-electron chi connectivity index (χ2n) is 8.34. The van der Waals surface area contributed by atoms with E-state index in [2.05, 4.69) is 36.2 Å². The van der Waals surface area contributed by atoms with E-state index in [0.717, 1.165) is 44.0 Å². The summed E-state index contributed by atoms with van der Waals surface area (Å²) in [4.78, 5) is 31.1. The van der Waals surface area contributed by atoms with Crippen molar-refractivity contribution in [2.45, 2.75) is 47.2 Å². The lowest BCUT2D eigenvalue weighted by atomic mass is 10.0. The zero-order valence-electron chi connectivity index (χ0n) is 17.7. The van der Waals surface area contributed by atoms with Crippen molar-refractivity contribution in [1.29, 1.82) is 0 Å². The highest BCUT2D eigenvalue weighted by molar-refractivity contribution is 6.04. The molecule has 2 heterocycles. The molecule has 1 aromatic heterocycles. The summed E-state index contributed by atoms with van der Waals surface area (Å²) in [5, 5.41) is 0. The first-order valence-corrected chi connectivity index (χ1v) is 10.3. The number of aryl methyl sites for hydroxylation is 2. The second-order valence-corrected chi connectivity index (χ2v) is 8.34. The van der Waals surface area contributed by atoms with Gasteiger partial charge in [0.2, 0.25) is 5.78 Å². The van der Waals surface area contributed by atoms with Crippen LogP contribution in [-0.2, 0) is 6.54 Å². The summed E-state index contributed by atoms with van der Waals surface area (Å²) >= 11 is 0. The van der Waals surface area contributed by atoms with Crippen molar-refractivity contribution in [3.05, 3.63) is 57.9 Å². The normalized spacial score (nSPS) is 20.8. The zero-order chi connectivity index (χ0) is 20.4. The highest BCUT2D eigenvalue weighted by Crippen LogP contribution is 2.19. The van der Waals surface area contributed by atoms with Crippen LogP contribution in [0.15, 0.2) is 24.3 Å². The summed E-state index contributed by atoms with van der Waals surface area (Å²) in [6.45, 7) is 14.6. The van der Waals surface area contributed by atoms with Crippen LogP contribution in [0.2, 0.25) is 0 Å². The van der Waals surface area contributed by atoms with Gasteiger partial charge >= 0.3 is 0 Å². The Bertz CT molecular complexity index is 876. The summed E-state index contributed by atoms with van der Waals surface area (Å²) in [6.07, 6.45) is 0. The van der Waals surface area contributed by atoms with Gasteiger partial charge in [-0.1, -0.05) is 29.8 Å². The molecule has 150 valence electrons. The van der Waals surface area contributed by atoms with Crippen LogP contribution in [0.3, 0.4) is 0 Å². The molecule has 1 fully saturated rings. The second kappa shape index (κ2) is 8.41. The minimum atomic E-state index is -0.0999. The number of piperazine rings is 1. The van der Waals surface area contributed by atoms with E-state index in [9.17, 15) is 9.59 Å². The molecule has 28 heavy (non-hydrogen) atoms. The van der Waals surface area contributed by atoms with Gasteiger partial charge in [0.15, 0.2) is 11.8 Å². The van der Waals surface area contributed by atoms with Crippen LogP contribution >= 0.6 is 0 Å². The first kappa shape index (κ1) is 20.5. The maximum Gasteiger partial charge on any atom is 0.235 e. The van der Waals surface area contributed by atoms with Crippen LogP contribution in [0, 0.1) is 20.8 Å². The van der Waals surface area contributed by atoms with Gasteiger partial charge in [0.05, 0.1) is 5.69 Å². The first-order valence-electron chi connectivity index (χ1n) is 10.3. The molecule has 3 N–H and O–H groups in total. The van der Waals surface area contributed by atoms with Crippen molar-refractivity contribution in [3.8, 4) is 0 Å². The predicted octanol–water partition coefficient (Wildman–Crippen LogP) is 0.697. The molecule has 1 aliphatic rings.